The van der Waals surface area contributed by atoms with E-state index in [1.54, 1.807) is 0 Å². The molecule has 1 aromatic heterocycles. The zero-order valence-corrected chi connectivity index (χ0v) is 7.58. The number of carboxylic acids is 1. The Hall–Kier alpha value is -1.49. The van der Waals surface area contributed by atoms with E-state index in [1.165, 1.54) is 0 Å². The first-order valence-electron chi connectivity index (χ1n) is 3.57. The van der Waals surface area contributed by atoms with Crippen LogP contribution in [0.25, 0.3) is 0 Å². The van der Waals surface area contributed by atoms with Crippen molar-refractivity contribution in [2.24, 2.45) is 0 Å². The fraction of sp³-hybridized carbons (Fsp3) is 0.125. The number of carboxylic acid groups (broad SMARTS) is 1. The number of ketones is 1. The van der Waals surface area contributed by atoms with Gasteiger partial charge in [0.2, 0.25) is 0 Å². The summed E-state index contributed by atoms with van der Waals surface area (Å²) in [6.07, 6.45) is 0.373. The smallest absolute Gasteiger partial charge is 0.311 e. The summed E-state index contributed by atoms with van der Waals surface area (Å²) < 4.78 is 13.1. The number of hydrogen-bond donors (Lipinski definition) is 1. The molecule has 74 valence electrons. The fourth-order valence-electron chi connectivity index (χ4n) is 0.866. The number of carbonyl (C=O) groups is 2. The Morgan fingerprint density at radius 1 is 1.57 bits per heavy atom. The Balaban J connectivity index is 3.01. The van der Waals surface area contributed by atoms with E-state index in [2.05, 4.69) is 4.98 Å². The van der Waals surface area contributed by atoms with E-state index >= 15 is 0 Å². The number of halogens is 2. The summed E-state index contributed by atoms with van der Waals surface area (Å²) in [6, 6.07) is 1.09. The second kappa shape index (κ2) is 4.15. The quantitative estimate of drug-likeness (QED) is 0.474. The SMILES string of the molecule is O=C(O)CC(=O)c1ccnc(Cl)c1F. The standard InChI is InChI=1S/C8H5ClFNO3/c9-8-7(10)4(1-2-11-8)5(12)3-6(13)14/h1-2H,3H2,(H,13,14). The molecule has 1 aromatic rings. The van der Waals surface area contributed by atoms with E-state index in [4.69, 9.17) is 16.7 Å². The molecule has 0 radical (unpaired) electrons. The normalized spacial score (nSPS) is 9.86. The van der Waals surface area contributed by atoms with Crippen LogP contribution in [-0.2, 0) is 4.79 Å². The number of Topliss-reactive ketones (excluding diaryl/α,β-unsaturated/α-hetero) is 1. The van der Waals surface area contributed by atoms with Gasteiger partial charge in [0.15, 0.2) is 16.8 Å². The molecule has 0 unspecified atom stereocenters. The lowest BCUT2D eigenvalue weighted by molar-refractivity contribution is -0.135. The first-order chi connectivity index (χ1) is 6.52. The maximum absolute atomic E-state index is 13.1. The van der Waals surface area contributed by atoms with E-state index in [0.717, 1.165) is 12.3 Å². The van der Waals surface area contributed by atoms with Gasteiger partial charge in [0.25, 0.3) is 0 Å². The highest BCUT2D eigenvalue weighted by atomic mass is 35.5. The monoisotopic (exact) mass is 217 g/mol. The van der Waals surface area contributed by atoms with Crippen LogP contribution in [-0.4, -0.2) is 21.8 Å². The van der Waals surface area contributed by atoms with Crippen molar-refractivity contribution >= 4 is 23.4 Å². The average molecular weight is 218 g/mol. The summed E-state index contributed by atoms with van der Waals surface area (Å²) in [6.45, 7) is 0. The minimum Gasteiger partial charge on any atom is -0.481 e. The van der Waals surface area contributed by atoms with Crippen molar-refractivity contribution in [3.05, 3.63) is 28.8 Å². The first-order valence-corrected chi connectivity index (χ1v) is 3.95. The van der Waals surface area contributed by atoms with Crippen LogP contribution in [0.5, 0.6) is 0 Å². The van der Waals surface area contributed by atoms with Gasteiger partial charge in [0, 0.05) is 6.20 Å². The molecule has 0 aliphatic carbocycles. The van der Waals surface area contributed by atoms with Crippen molar-refractivity contribution in [3.8, 4) is 0 Å². The van der Waals surface area contributed by atoms with Gasteiger partial charge in [-0.25, -0.2) is 9.37 Å². The van der Waals surface area contributed by atoms with Gasteiger partial charge in [-0.3, -0.25) is 9.59 Å². The molecule has 1 N–H and O–H groups in total. The molecule has 0 atom stereocenters. The molecule has 0 aliphatic heterocycles. The first kappa shape index (κ1) is 10.6. The van der Waals surface area contributed by atoms with Crippen LogP contribution in [0, 0.1) is 5.82 Å². The molecule has 0 aliphatic rings. The molecule has 0 spiro atoms. The number of aromatic nitrogens is 1. The van der Waals surface area contributed by atoms with Gasteiger partial charge < -0.3 is 5.11 Å². The zero-order chi connectivity index (χ0) is 10.7. The highest BCUT2D eigenvalue weighted by Gasteiger charge is 2.17. The van der Waals surface area contributed by atoms with Crippen molar-refractivity contribution in [1.82, 2.24) is 4.98 Å². The van der Waals surface area contributed by atoms with Gasteiger partial charge in [-0.2, -0.15) is 0 Å². The minimum absolute atomic E-state index is 0.354. The molecular weight excluding hydrogens is 213 g/mol. The van der Waals surface area contributed by atoms with Crippen LogP contribution < -0.4 is 0 Å². The third kappa shape index (κ3) is 2.26. The van der Waals surface area contributed by atoms with Crippen LogP contribution in [0.2, 0.25) is 5.15 Å². The highest BCUT2D eigenvalue weighted by Crippen LogP contribution is 2.16. The summed E-state index contributed by atoms with van der Waals surface area (Å²) >= 11 is 5.31. The minimum atomic E-state index is -1.32. The Morgan fingerprint density at radius 2 is 2.21 bits per heavy atom. The summed E-state index contributed by atoms with van der Waals surface area (Å²) in [5.74, 6) is -3.14. The van der Waals surface area contributed by atoms with Crippen molar-refractivity contribution in [1.29, 1.82) is 0 Å². The Labute approximate surface area is 83.3 Å². The van der Waals surface area contributed by atoms with Crippen molar-refractivity contribution < 1.29 is 19.1 Å². The largest absolute Gasteiger partial charge is 0.481 e. The summed E-state index contributed by atoms with van der Waals surface area (Å²) in [7, 11) is 0. The van der Waals surface area contributed by atoms with Gasteiger partial charge in [-0.1, -0.05) is 11.6 Å². The lowest BCUT2D eigenvalue weighted by Gasteiger charge is -2.00. The summed E-state index contributed by atoms with van der Waals surface area (Å²) in [4.78, 5) is 24.7. The average Bonchev–Trinajstić information content (AvgIpc) is 2.08. The molecule has 0 saturated carbocycles. The van der Waals surface area contributed by atoms with E-state index in [0.29, 0.717) is 0 Å². The molecule has 1 heterocycles. The van der Waals surface area contributed by atoms with Gasteiger partial charge >= 0.3 is 5.97 Å². The van der Waals surface area contributed by atoms with Crippen molar-refractivity contribution in [2.45, 2.75) is 6.42 Å². The summed E-state index contributed by atoms with van der Waals surface area (Å²) in [5, 5.41) is 7.87. The highest BCUT2D eigenvalue weighted by molar-refractivity contribution is 6.30. The molecule has 0 aromatic carbocycles. The van der Waals surface area contributed by atoms with Crippen LogP contribution in [0.3, 0.4) is 0 Å². The topological polar surface area (TPSA) is 67.3 Å². The molecule has 6 heteroatoms. The predicted molar refractivity (Wildman–Crippen MR) is 45.8 cm³/mol. The second-order valence-electron chi connectivity index (χ2n) is 2.46. The molecule has 0 amide bonds. The number of hydrogen-bond acceptors (Lipinski definition) is 3. The Morgan fingerprint density at radius 3 is 2.79 bits per heavy atom. The second-order valence-corrected chi connectivity index (χ2v) is 2.82. The van der Waals surface area contributed by atoms with Crippen LogP contribution in [0.1, 0.15) is 16.8 Å². The number of carbonyl (C=O) groups excluding carboxylic acids is 1. The van der Waals surface area contributed by atoms with Crippen LogP contribution in [0.15, 0.2) is 12.3 Å². The van der Waals surface area contributed by atoms with Gasteiger partial charge in [-0.15, -0.1) is 0 Å². The van der Waals surface area contributed by atoms with Crippen LogP contribution >= 0.6 is 11.6 Å². The van der Waals surface area contributed by atoms with E-state index in [-0.39, 0.29) is 5.56 Å². The van der Waals surface area contributed by atoms with Crippen molar-refractivity contribution in [3.63, 3.8) is 0 Å². The van der Waals surface area contributed by atoms with E-state index in [9.17, 15) is 14.0 Å². The zero-order valence-electron chi connectivity index (χ0n) is 6.83. The maximum Gasteiger partial charge on any atom is 0.311 e. The van der Waals surface area contributed by atoms with E-state index in [1.807, 2.05) is 0 Å². The lowest BCUT2D eigenvalue weighted by atomic mass is 10.1. The third-order valence-electron chi connectivity index (χ3n) is 1.46. The molecule has 0 fully saturated rings. The van der Waals surface area contributed by atoms with Gasteiger partial charge in [-0.05, 0) is 6.07 Å². The van der Waals surface area contributed by atoms with Crippen LogP contribution in [0.4, 0.5) is 4.39 Å². The number of nitrogens with zero attached hydrogens (tertiary/aromatic N) is 1. The number of pyridine rings is 1. The van der Waals surface area contributed by atoms with Gasteiger partial charge in [0.05, 0.1) is 5.56 Å². The Kier molecular flexibility index (Phi) is 3.14. The predicted octanol–water partition coefficient (Wildman–Crippen LogP) is 1.53. The molecule has 1 rings (SSSR count). The molecule has 0 saturated heterocycles. The third-order valence-corrected chi connectivity index (χ3v) is 1.72. The fourth-order valence-corrected chi connectivity index (χ4v) is 1.02. The van der Waals surface area contributed by atoms with Crippen molar-refractivity contribution in [2.75, 3.05) is 0 Å². The molecule has 4 nitrogen and oxygen atoms in total. The molecule has 14 heavy (non-hydrogen) atoms. The summed E-state index contributed by atoms with van der Waals surface area (Å²) in [5.41, 5.74) is -0.354. The number of rotatable bonds is 3. The van der Waals surface area contributed by atoms with Gasteiger partial charge in [0.1, 0.15) is 6.42 Å². The lowest BCUT2D eigenvalue weighted by Crippen LogP contribution is -2.09. The number of aliphatic carboxylic acids is 1. The maximum atomic E-state index is 13.1. The molecular formula is C8H5ClFNO3. The Bertz CT molecular complexity index is 394. The molecule has 0 bridgehead atoms. The van der Waals surface area contributed by atoms with E-state index < -0.39 is 29.1 Å².